The van der Waals surface area contributed by atoms with Crippen molar-refractivity contribution < 1.29 is 4.74 Å². The highest BCUT2D eigenvalue weighted by molar-refractivity contribution is 5.46. The number of rotatable bonds is 7. The van der Waals surface area contributed by atoms with E-state index in [0.717, 1.165) is 25.4 Å². The Morgan fingerprint density at radius 3 is 2.81 bits per heavy atom. The highest BCUT2D eigenvalue weighted by Gasteiger charge is 1.97. The van der Waals surface area contributed by atoms with Crippen LogP contribution in [-0.4, -0.2) is 36.8 Å². The van der Waals surface area contributed by atoms with Gasteiger partial charge in [-0.3, -0.25) is 0 Å². The maximum atomic E-state index is 8.41. The second-order valence-electron chi connectivity index (χ2n) is 3.07. The Balaban J connectivity index is 2.38. The van der Waals surface area contributed by atoms with Gasteiger partial charge in [0.2, 0.25) is 0 Å². The molecule has 6 nitrogen and oxygen atoms in total. The van der Waals surface area contributed by atoms with Crippen LogP contribution in [0.5, 0.6) is 0 Å². The first-order valence-corrected chi connectivity index (χ1v) is 5.02. The molecule has 1 heterocycles. The second-order valence-corrected chi connectivity index (χ2v) is 3.07. The van der Waals surface area contributed by atoms with Gasteiger partial charge in [-0.15, -0.1) is 0 Å². The third-order valence-corrected chi connectivity index (χ3v) is 1.85. The highest BCUT2D eigenvalue weighted by atomic mass is 16.5. The molecular weight excluding hydrogens is 206 g/mol. The van der Waals surface area contributed by atoms with Crippen molar-refractivity contribution in [1.82, 2.24) is 9.97 Å². The molecule has 0 amide bonds. The Morgan fingerprint density at radius 1 is 1.38 bits per heavy atom. The predicted octanol–water partition coefficient (Wildman–Crippen LogP) is 0.860. The van der Waals surface area contributed by atoms with E-state index >= 15 is 0 Å². The molecule has 1 aromatic heterocycles. The number of nitrogens with zero attached hydrogens (tertiary/aromatic N) is 3. The van der Waals surface area contributed by atoms with Crippen LogP contribution >= 0.6 is 0 Å². The summed E-state index contributed by atoms with van der Waals surface area (Å²) in [7, 11) is 1.68. The molecule has 16 heavy (non-hydrogen) atoms. The molecule has 0 atom stereocenters. The maximum Gasteiger partial charge on any atom is 0.132 e. The molecule has 0 unspecified atom stereocenters. The maximum absolute atomic E-state index is 8.41. The number of aromatic nitrogens is 2. The molecule has 1 aromatic rings. The molecule has 0 spiro atoms. The lowest BCUT2D eigenvalue weighted by molar-refractivity contribution is 0.198. The van der Waals surface area contributed by atoms with E-state index in [1.165, 1.54) is 6.33 Å². The van der Waals surface area contributed by atoms with Gasteiger partial charge < -0.3 is 15.4 Å². The molecule has 0 aromatic carbocycles. The van der Waals surface area contributed by atoms with Gasteiger partial charge in [0.05, 0.1) is 6.07 Å². The predicted molar refractivity (Wildman–Crippen MR) is 61.1 cm³/mol. The van der Waals surface area contributed by atoms with Gasteiger partial charge in [-0.1, -0.05) is 0 Å². The van der Waals surface area contributed by atoms with E-state index in [0.29, 0.717) is 5.82 Å². The Morgan fingerprint density at radius 2 is 2.12 bits per heavy atom. The van der Waals surface area contributed by atoms with E-state index in [9.17, 15) is 0 Å². The molecule has 86 valence electrons. The summed E-state index contributed by atoms with van der Waals surface area (Å²) in [6.07, 6.45) is 2.37. The van der Waals surface area contributed by atoms with Crippen LogP contribution in [-0.2, 0) is 4.74 Å². The fourth-order valence-corrected chi connectivity index (χ4v) is 1.11. The highest BCUT2D eigenvalue weighted by Crippen LogP contribution is 2.07. The largest absolute Gasteiger partial charge is 0.385 e. The van der Waals surface area contributed by atoms with Crippen LogP contribution in [0.3, 0.4) is 0 Å². The van der Waals surface area contributed by atoms with Gasteiger partial charge in [-0.25, -0.2) is 9.97 Å². The van der Waals surface area contributed by atoms with Crippen molar-refractivity contribution in [3.8, 4) is 6.07 Å². The lowest BCUT2D eigenvalue weighted by Gasteiger charge is -2.06. The topological polar surface area (TPSA) is 82.9 Å². The van der Waals surface area contributed by atoms with Crippen molar-refractivity contribution in [3.05, 3.63) is 12.4 Å². The van der Waals surface area contributed by atoms with Gasteiger partial charge in [0.25, 0.3) is 0 Å². The van der Waals surface area contributed by atoms with E-state index in [1.54, 1.807) is 13.2 Å². The molecule has 6 heteroatoms. The molecule has 0 saturated heterocycles. The van der Waals surface area contributed by atoms with Crippen molar-refractivity contribution in [2.24, 2.45) is 0 Å². The Labute approximate surface area is 94.7 Å². The number of methoxy groups -OCH3 is 1. The molecule has 0 aliphatic rings. The fourth-order valence-electron chi connectivity index (χ4n) is 1.11. The van der Waals surface area contributed by atoms with Crippen LogP contribution in [0, 0.1) is 11.3 Å². The van der Waals surface area contributed by atoms with Crippen LogP contribution in [0.2, 0.25) is 0 Å². The molecule has 0 aliphatic heterocycles. The molecule has 0 saturated carbocycles. The van der Waals surface area contributed by atoms with E-state index in [2.05, 4.69) is 20.6 Å². The first kappa shape index (κ1) is 12.2. The number of nitrogens with one attached hydrogen (secondary N) is 2. The normalized spacial score (nSPS) is 9.50. The third kappa shape index (κ3) is 4.57. The quantitative estimate of drug-likeness (QED) is 0.525. The fraction of sp³-hybridized carbons (Fsp3) is 0.500. The number of anilines is 2. The summed E-state index contributed by atoms with van der Waals surface area (Å²) < 4.78 is 4.94. The van der Waals surface area contributed by atoms with Crippen molar-refractivity contribution in [2.45, 2.75) is 6.42 Å². The molecule has 2 N–H and O–H groups in total. The minimum Gasteiger partial charge on any atom is -0.385 e. The van der Waals surface area contributed by atoms with Gasteiger partial charge in [0, 0.05) is 26.3 Å². The zero-order valence-electron chi connectivity index (χ0n) is 9.23. The summed E-state index contributed by atoms with van der Waals surface area (Å²) in [6, 6.07) is 3.76. The molecule has 0 fully saturated rings. The summed E-state index contributed by atoms with van der Waals surface area (Å²) in [5, 5.41) is 14.4. The number of hydrogen-bond donors (Lipinski definition) is 2. The molecule has 0 aliphatic carbocycles. The molecule has 0 bridgehead atoms. The van der Waals surface area contributed by atoms with E-state index < -0.39 is 0 Å². The zero-order chi connectivity index (χ0) is 11.6. The monoisotopic (exact) mass is 221 g/mol. The Hall–Kier alpha value is -1.87. The van der Waals surface area contributed by atoms with Crippen LogP contribution in [0.1, 0.15) is 6.42 Å². The first-order chi connectivity index (χ1) is 7.86. The number of ether oxygens (including phenoxy) is 1. The van der Waals surface area contributed by atoms with Gasteiger partial charge >= 0.3 is 0 Å². The smallest absolute Gasteiger partial charge is 0.132 e. The number of nitriles is 1. The summed E-state index contributed by atoms with van der Waals surface area (Å²) in [6.45, 7) is 1.75. The third-order valence-electron chi connectivity index (χ3n) is 1.85. The number of hydrogen-bond acceptors (Lipinski definition) is 6. The van der Waals surface area contributed by atoms with Crippen molar-refractivity contribution in [3.63, 3.8) is 0 Å². The lowest BCUT2D eigenvalue weighted by Crippen LogP contribution is -2.07. The average molecular weight is 221 g/mol. The molecule has 0 radical (unpaired) electrons. The van der Waals surface area contributed by atoms with E-state index in [-0.39, 0.29) is 6.54 Å². The van der Waals surface area contributed by atoms with Crippen LogP contribution in [0.15, 0.2) is 12.4 Å². The molecular formula is C10H15N5O. The standard InChI is InChI=1S/C10H15N5O/c1-16-6-2-4-12-9-7-10(13-5-3-11)15-8-14-9/h7-8H,2,4-6H2,1H3,(H2,12,13,14,15). The minimum absolute atomic E-state index is 0.236. The van der Waals surface area contributed by atoms with Crippen molar-refractivity contribution in [2.75, 3.05) is 37.4 Å². The summed E-state index contributed by atoms with van der Waals surface area (Å²) in [5.41, 5.74) is 0. The summed E-state index contributed by atoms with van der Waals surface area (Å²) >= 11 is 0. The zero-order valence-corrected chi connectivity index (χ0v) is 9.23. The van der Waals surface area contributed by atoms with E-state index in [4.69, 9.17) is 10.00 Å². The van der Waals surface area contributed by atoms with Gasteiger partial charge in [0.15, 0.2) is 0 Å². The van der Waals surface area contributed by atoms with Crippen LogP contribution < -0.4 is 10.6 Å². The summed E-state index contributed by atoms with van der Waals surface area (Å²) in [4.78, 5) is 8.04. The molecule has 1 rings (SSSR count). The average Bonchev–Trinajstić information content (AvgIpc) is 2.33. The summed E-state index contributed by atoms with van der Waals surface area (Å²) in [5.74, 6) is 1.39. The Kier molecular flexibility index (Phi) is 5.66. The van der Waals surface area contributed by atoms with Crippen LogP contribution in [0.25, 0.3) is 0 Å². The minimum atomic E-state index is 0.236. The van der Waals surface area contributed by atoms with Gasteiger partial charge in [-0.2, -0.15) is 5.26 Å². The van der Waals surface area contributed by atoms with E-state index in [1.807, 2.05) is 6.07 Å². The Bertz CT molecular complexity index is 349. The van der Waals surface area contributed by atoms with Gasteiger partial charge in [0.1, 0.15) is 24.5 Å². The first-order valence-electron chi connectivity index (χ1n) is 5.02. The lowest BCUT2D eigenvalue weighted by atomic mass is 10.4. The van der Waals surface area contributed by atoms with Gasteiger partial charge in [-0.05, 0) is 6.42 Å². The second kappa shape index (κ2) is 7.43. The van der Waals surface area contributed by atoms with Crippen LogP contribution in [0.4, 0.5) is 11.6 Å². The van der Waals surface area contributed by atoms with Crippen molar-refractivity contribution >= 4 is 11.6 Å². The van der Waals surface area contributed by atoms with Crippen molar-refractivity contribution in [1.29, 1.82) is 5.26 Å². The SMILES string of the molecule is COCCCNc1cc(NCC#N)ncn1.